The molecule has 1 fully saturated rings. The van der Waals surface area contributed by atoms with Crippen LogP contribution in [0.3, 0.4) is 0 Å². The van der Waals surface area contributed by atoms with Gasteiger partial charge in [-0.05, 0) is 39.8 Å². The highest BCUT2D eigenvalue weighted by atomic mass is 32.2. The number of sulfonamides is 1. The molecule has 0 spiro atoms. The van der Waals surface area contributed by atoms with Crippen molar-refractivity contribution in [2.45, 2.75) is 39.3 Å². The van der Waals surface area contributed by atoms with Gasteiger partial charge in [0.05, 0.1) is 0 Å². The molecular formula is C22H29N7O2S. The molecule has 170 valence electrons. The summed E-state index contributed by atoms with van der Waals surface area (Å²) in [6, 6.07) is 10.0. The summed E-state index contributed by atoms with van der Waals surface area (Å²) in [5.41, 5.74) is 3.00. The second-order valence-electron chi connectivity index (χ2n) is 7.99. The summed E-state index contributed by atoms with van der Waals surface area (Å²) < 4.78 is 29.4. The van der Waals surface area contributed by atoms with Crippen LogP contribution < -0.4 is 10.2 Å². The number of nitrogens with zero attached hydrogens (tertiary/aromatic N) is 6. The van der Waals surface area contributed by atoms with E-state index in [9.17, 15) is 8.42 Å². The molecule has 32 heavy (non-hydrogen) atoms. The molecule has 1 aliphatic rings. The van der Waals surface area contributed by atoms with E-state index in [2.05, 4.69) is 20.3 Å². The molecule has 3 heterocycles. The first kappa shape index (κ1) is 22.2. The zero-order valence-corrected chi connectivity index (χ0v) is 19.7. The van der Waals surface area contributed by atoms with Gasteiger partial charge in [-0.15, -0.1) is 0 Å². The fourth-order valence-corrected chi connectivity index (χ4v) is 5.14. The SMILES string of the molecule is CCn1cc(S(=O)(=O)N2CCN(c3nc(C)cc(Nc4ccc(C)cc4)n3)CC2)nc1C. The van der Waals surface area contributed by atoms with Gasteiger partial charge in [0.1, 0.15) is 11.6 Å². The Bertz CT molecular complexity index is 1200. The summed E-state index contributed by atoms with van der Waals surface area (Å²) in [6.07, 6.45) is 1.61. The average molecular weight is 456 g/mol. The average Bonchev–Trinajstić information content (AvgIpc) is 3.16. The van der Waals surface area contributed by atoms with Gasteiger partial charge in [0.2, 0.25) is 5.95 Å². The second kappa shape index (κ2) is 8.87. The first-order chi connectivity index (χ1) is 15.3. The summed E-state index contributed by atoms with van der Waals surface area (Å²) in [6.45, 7) is 10.2. The van der Waals surface area contributed by atoms with Crippen LogP contribution in [-0.4, -0.2) is 58.4 Å². The van der Waals surface area contributed by atoms with Crippen molar-refractivity contribution in [2.75, 3.05) is 36.4 Å². The fourth-order valence-electron chi connectivity index (χ4n) is 3.73. The van der Waals surface area contributed by atoms with Gasteiger partial charge < -0.3 is 14.8 Å². The number of hydrogen-bond acceptors (Lipinski definition) is 7. The van der Waals surface area contributed by atoms with Crippen LogP contribution in [0.25, 0.3) is 0 Å². The van der Waals surface area contributed by atoms with Gasteiger partial charge >= 0.3 is 0 Å². The van der Waals surface area contributed by atoms with Crippen LogP contribution in [0.2, 0.25) is 0 Å². The van der Waals surface area contributed by atoms with Gasteiger partial charge in [-0.1, -0.05) is 17.7 Å². The summed E-state index contributed by atoms with van der Waals surface area (Å²) in [4.78, 5) is 15.5. The Labute approximate surface area is 189 Å². The summed E-state index contributed by atoms with van der Waals surface area (Å²) >= 11 is 0. The van der Waals surface area contributed by atoms with E-state index >= 15 is 0 Å². The quantitative estimate of drug-likeness (QED) is 0.610. The van der Waals surface area contributed by atoms with Crippen LogP contribution in [0.15, 0.2) is 41.6 Å². The molecule has 9 nitrogen and oxygen atoms in total. The zero-order valence-electron chi connectivity index (χ0n) is 18.9. The molecule has 0 atom stereocenters. The zero-order chi connectivity index (χ0) is 22.9. The number of nitrogens with one attached hydrogen (secondary N) is 1. The summed E-state index contributed by atoms with van der Waals surface area (Å²) in [5, 5.41) is 3.44. The molecule has 4 rings (SSSR count). The largest absolute Gasteiger partial charge is 0.340 e. The van der Waals surface area contributed by atoms with E-state index in [4.69, 9.17) is 0 Å². The third-order valence-corrected chi connectivity index (χ3v) is 7.36. The minimum Gasteiger partial charge on any atom is -0.340 e. The van der Waals surface area contributed by atoms with Gasteiger partial charge in [0.15, 0.2) is 5.03 Å². The molecule has 1 N–H and O–H groups in total. The van der Waals surface area contributed by atoms with Crippen molar-refractivity contribution >= 4 is 27.5 Å². The molecule has 0 unspecified atom stereocenters. The summed E-state index contributed by atoms with van der Waals surface area (Å²) in [7, 11) is -3.62. The van der Waals surface area contributed by atoms with E-state index in [1.165, 1.54) is 9.87 Å². The van der Waals surface area contributed by atoms with Crippen molar-refractivity contribution in [3.63, 3.8) is 0 Å². The highest BCUT2D eigenvalue weighted by Crippen LogP contribution is 2.22. The predicted molar refractivity (Wildman–Crippen MR) is 125 cm³/mol. The van der Waals surface area contributed by atoms with Crippen LogP contribution in [0.4, 0.5) is 17.5 Å². The number of benzene rings is 1. The van der Waals surface area contributed by atoms with Gasteiger partial charge in [-0.2, -0.15) is 9.29 Å². The monoisotopic (exact) mass is 455 g/mol. The lowest BCUT2D eigenvalue weighted by molar-refractivity contribution is 0.381. The van der Waals surface area contributed by atoms with Crippen molar-refractivity contribution in [1.82, 2.24) is 23.8 Å². The van der Waals surface area contributed by atoms with Crippen LogP contribution in [0.5, 0.6) is 0 Å². The summed E-state index contributed by atoms with van der Waals surface area (Å²) in [5.74, 6) is 2.02. The molecule has 10 heteroatoms. The molecular weight excluding hydrogens is 426 g/mol. The Morgan fingerprint density at radius 3 is 2.28 bits per heavy atom. The molecule has 1 aromatic carbocycles. The van der Waals surface area contributed by atoms with Crippen molar-refractivity contribution in [3.8, 4) is 0 Å². The maximum absolute atomic E-state index is 13.0. The Balaban J connectivity index is 1.46. The van der Waals surface area contributed by atoms with Crippen LogP contribution in [0, 0.1) is 20.8 Å². The number of imidazole rings is 1. The Hall–Kier alpha value is -2.98. The highest BCUT2D eigenvalue weighted by Gasteiger charge is 2.31. The van der Waals surface area contributed by atoms with Gasteiger partial charge in [-0.25, -0.2) is 18.4 Å². The van der Waals surface area contributed by atoms with Crippen molar-refractivity contribution in [2.24, 2.45) is 0 Å². The number of aryl methyl sites for hydroxylation is 4. The van der Waals surface area contributed by atoms with Gasteiger partial charge in [0.25, 0.3) is 10.0 Å². The Kier molecular flexibility index (Phi) is 6.16. The lowest BCUT2D eigenvalue weighted by atomic mass is 10.2. The smallest absolute Gasteiger partial charge is 0.262 e. The van der Waals surface area contributed by atoms with Crippen molar-refractivity contribution < 1.29 is 8.42 Å². The minimum absolute atomic E-state index is 0.113. The van der Waals surface area contributed by atoms with E-state index in [1.807, 2.05) is 67.5 Å². The molecule has 0 bridgehead atoms. The highest BCUT2D eigenvalue weighted by molar-refractivity contribution is 7.89. The molecule has 1 aliphatic heterocycles. The molecule has 0 radical (unpaired) electrons. The fraction of sp³-hybridized carbons (Fsp3) is 0.409. The molecule has 1 saturated heterocycles. The third kappa shape index (κ3) is 4.61. The first-order valence-corrected chi connectivity index (χ1v) is 12.2. The van der Waals surface area contributed by atoms with Crippen molar-refractivity contribution in [3.05, 3.63) is 53.6 Å². The van der Waals surface area contributed by atoms with E-state index in [-0.39, 0.29) is 5.03 Å². The lowest BCUT2D eigenvalue weighted by Gasteiger charge is -2.33. The van der Waals surface area contributed by atoms with Gasteiger partial charge in [-0.3, -0.25) is 0 Å². The Morgan fingerprint density at radius 1 is 0.969 bits per heavy atom. The second-order valence-corrected chi connectivity index (χ2v) is 9.87. The number of piperazine rings is 1. The minimum atomic E-state index is -3.62. The van der Waals surface area contributed by atoms with E-state index in [0.717, 1.165) is 11.4 Å². The standard InChI is InChI=1S/C22H29N7O2S/c1-5-27-15-21(24-18(27)4)32(30,31)29-12-10-28(11-13-29)22-23-17(3)14-20(26-22)25-19-8-6-16(2)7-9-19/h6-9,14-15H,5,10-13H2,1-4H3,(H,23,25,26). The topological polar surface area (TPSA) is 96.2 Å². The van der Waals surface area contributed by atoms with E-state index in [1.54, 1.807) is 6.20 Å². The Morgan fingerprint density at radius 2 is 1.66 bits per heavy atom. The molecule has 2 aromatic heterocycles. The normalized spacial score (nSPS) is 15.2. The maximum atomic E-state index is 13.0. The van der Waals surface area contributed by atoms with E-state index in [0.29, 0.717) is 50.3 Å². The predicted octanol–water partition coefficient (Wildman–Crippen LogP) is 2.87. The first-order valence-electron chi connectivity index (χ1n) is 10.7. The molecule has 3 aromatic rings. The van der Waals surface area contributed by atoms with Crippen molar-refractivity contribution in [1.29, 1.82) is 0 Å². The van der Waals surface area contributed by atoms with Crippen LogP contribution in [-0.2, 0) is 16.6 Å². The number of aromatic nitrogens is 4. The number of hydrogen-bond donors (Lipinski definition) is 1. The lowest BCUT2D eigenvalue weighted by Crippen LogP contribution is -2.49. The molecule has 0 aliphatic carbocycles. The van der Waals surface area contributed by atoms with E-state index < -0.39 is 10.0 Å². The number of rotatable bonds is 6. The molecule has 0 amide bonds. The number of anilines is 3. The molecule has 0 saturated carbocycles. The van der Waals surface area contributed by atoms with Gasteiger partial charge in [0, 0.05) is 56.4 Å². The maximum Gasteiger partial charge on any atom is 0.262 e. The third-order valence-electron chi connectivity index (χ3n) is 5.59. The van der Waals surface area contributed by atoms with Crippen LogP contribution >= 0.6 is 0 Å². The van der Waals surface area contributed by atoms with Crippen LogP contribution in [0.1, 0.15) is 24.0 Å².